The van der Waals surface area contributed by atoms with Crippen molar-refractivity contribution >= 4 is 86.2 Å². The Morgan fingerprint density at radius 3 is 1.94 bits per heavy atom. The number of nitrogens with zero attached hydrogens (tertiary/aromatic N) is 2. The maximum absolute atomic E-state index is 6.74. The van der Waals surface area contributed by atoms with Gasteiger partial charge in [0.25, 0.3) is 0 Å². The Kier molecular flexibility index (Phi) is 6.17. The minimum atomic E-state index is -0.420. The van der Waals surface area contributed by atoms with Gasteiger partial charge in [-0.1, -0.05) is 158 Å². The van der Waals surface area contributed by atoms with E-state index < -0.39 is 5.41 Å². The second-order valence-corrected chi connectivity index (χ2v) is 17.8. The van der Waals surface area contributed by atoms with Gasteiger partial charge in [0.15, 0.2) is 0 Å². The van der Waals surface area contributed by atoms with Crippen molar-refractivity contribution in [1.82, 2.24) is 9.55 Å². The van der Waals surface area contributed by atoms with Gasteiger partial charge in [-0.05, 0) is 80.9 Å². The third kappa shape index (κ3) is 3.92. The van der Waals surface area contributed by atoms with Gasteiger partial charge in [0.05, 0.1) is 32.1 Å². The Hall–Kier alpha value is -7.97. The van der Waals surface area contributed by atoms with Gasteiger partial charge in [-0.3, -0.25) is 4.57 Å². The molecule has 2 aliphatic carbocycles. The first-order chi connectivity index (χ1) is 30.8. The SMILES string of the molecule is c1c2c3ccccc3sc2c2c3c4ccccc4oc3n(-c3ccc(-c4nc5ccccc5c5c6c(ccc45)C4(c5ccccc5-c5ccccc54)c4ccccc4-6)cc3)c2c#1. The number of fused-ring (bicyclic) bond motifs is 23. The summed E-state index contributed by atoms with van der Waals surface area (Å²) in [6, 6.07) is 73.5. The Bertz CT molecular complexity index is 4060. The minimum absolute atomic E-state index is 0.420. The Morgan fingerprint density at radius 2 is 1.15 bits per heavy atom. The molecule has 13 aromatic rings. The molecule has 0 radical (unpaired) electrons. The number of furan rings is 1. The van der Waals surface area contributed by atoms with E-state index in [2.05, 4.69) is 193 Å². The third-order valence-corrected chi connectivity index (χ3v) is 15.0. The van der Waals surface area contributed by atoms with E-state index in [1.54, 1.807) is 0 Å². The largest absolute Gasteiger partial charge is 0.439 e. The highest BCUT2D eigenvalue weighted by molar-refractivity contribution is 7.26. The zero-order valence-electron chi connectivity index (χ0n) is 33.0. The summed E-state index contributed by atoms with van der Waals surface area (Å²) in [5.74, 6) is 0. The second-order valence-electron chi connectivity index (χ2n) is 16.7. The van der Waals surface area contributed by atoms with Crippen molar-refractivity contribution in [2.75, 3.05) is 0 Å². The van der Waals surface area contributed by atoms with E-state index in [9.17, 15) is 0 Å². The maximum Gasteiger partial charge on any atom is 0.214 e. The minimum Gasteiger partial charge on any atom is -0.439 e. The molecule has 0 saturated heterocycles. The summed E-state index contributed by atoms with van der Waals surface area (Å²) < 4.78 is 11.4. The summed E-state index contributed by atoms with van der Waals surface area (Å²) in [5.41, 5.74) is 16.8. The molecule has 0 fully saturated rings. The molecule has 2 aliphatic rings. The van der Waals surface area contributed by atoms with Crippen LogP contribution in [0.15, 0.2) is 186 Å². The lowest BCUT2D eigenvalue weighted by atomic mass is 9.70. The lowest BCUT2D eigenvalue weighted by Gasteiger charge is -2.30. The van der Waals surface area contributed by atoms with Crippen LogP contribution in [-0.4, -0.2) is 9.55 Å². The Morgan fingerprint density at radius 1 is 0.500 bits per heavy atom. The zero-order valence-corrected chi connectivity index (χ0v) is 33.8. The Balaban J connectivity index is 0.977. The average molecular weight is 803 g/mol. The molecule has 1 spiro atoms. The molecule has 15 rings (SSSR count). The van der Waals surface area contributed by atoms with Crippen LogP contribution < -0.4 is 0 Å². The van der Waals surface area contributed by atoms with Crippen molar-refractivity contribution in [3.63, 3.8) is 0 Å². The van der Waals surface area contributed by atoms with Crippen molar-refractivity contribution in [1.29, 1.82) is 0 Å². The fourth-order valence-electron chi connectivity index (χ4n) is 11.4. The Labute approximate surface area is 359 Å². The summed E-state index contributed by atoms with van der Waals surface area (Å²) in [6.07, 6.45) is 0. The van der Waals surface area contributed by atoms with Crippen LogP contribution in [0.5, 0.6) is 0 Å². The standard InChI is InChI=1S/C58H30N2OS/c1-7-19-43-35(13-1)36-14-2-8-20-44(36)58(43)45-21-9-3-16-39(45)52-46(58)31-29-42-51(52)40-17-4-10-22-47(40)59-55(42)33-25-27-34(28-26-33)60-48-32-30-38-37-15-6-12-24-50(37)62-56(38)54(48)53-41-18-5-11-23-49(41)61-57(53)60/h1-29,31H. The van der Waals surface area contributed by atoms with Crippen molar-refractivity contribution in [3.8, 4) is 39.2 Å². The molecule has 9 aromatic carbocycles. The number of aromatic nitrogens is 2. The fraction of sp³-hybridized carbons (Fsp3) is 0.0172. The first kappa shape index (κ1) is 32.8. The molecule has 0 unspecified atom stereocenters. The van der Waals surface area contributed by atoms with Gasteiger partial charge in [-0.2, -0.15) is 0 Å². The molecule has 4 heteroatoms. The van der Waals surface area contributed by atoms with E-state index >= 15 is 0 Å². The van der Waals surface area contributed by atoms with Crippen LogP contribution in [0.4, 0.5) is 0 Å². The molecule has 0 amide bonds. The summed E-state index contributed by atoms with van der Waals surface area (Å²) in [4.78, 5) is 5.46. The topological polar surface area (TPSA) is 31.0 Å². The average Bonchev–Trinajstić information content (AvgIpc) is 4.12. The number of benzene rings is 8. The zero-order chi connectivity index (χ0) is 40.3. The number of pyridine rings is 1. The quantitative estimate of drug-likeness (QED) is 0.163. The van der Waals surface area contributed by atoms with Gasteiger partial charge in [-0.15, -0.1) is 11.3 Å². The normalized spacial score (nSPS) is 13.5. The van der Waals surface area contributed by atoms with Crippen LogP contribution in [0.3, 0.4) is 0 Å². The van der Waals surface area contributed by atoms with E-state index in [0.717, 1.165) is 71.6 Å². The van der Waals surface area contributed by atoms with E-state index in [1.165, 1.54) is 64.7 Å². The number of hydrogen-bond donors (Lipinski definition) is 0. The highest BCUT2D eigenvalue weighted by Gasteiger charge is 2.52. The van der Waals surface area contributed by atoms with E-state index in [1.807, 2.05) is 17.4 Å². The molecule has 0 saturated carbocycles. The monoisotopic (exact) mass is 802 g/mol. The second kappa shape index (κ2) is 11.6. The van der Waals surface area contributed by atoms with Crippen LogP contribution >= 0.6 is 11.3 Å². The van der Waals surface area contributed by atoms with Crippen molar-refractivity contribution in [2.45, 2.75) is 5.41 Å². The molecule has 0 bridgehead atoms. The molecule has 4 heterocycles. The molecule has 0 atom stereocenters. The van der Waals surface area contributed by atoms with Crippen LogP contribution in [0.2, 0.25) is 0 Å². The molecular formula is C58H30N2OS. The predicted molar refractivity (Wildman–Crippen MR) is 256 cm³/mol. The van der Waals surface area contributed by atoms with Crippen LogP contribution in [0.25, 0.3) is 114 Å². The fourth-order valence-corrected chi connectivity index (χ4v) is 12.6. The summed E-state index contributed by atoms with van der Waals surface area (Å²) in [6.45, 7) is 0. The van der Waals surface area contributed by atoms with Gasteiger partial charge >= 0.3 is 0 Å². The smallest absolute Gasteiger partial charge is 0.214 e. The van der Waals surface area contributed by atoms with Crippen molar-refractivity contribution in [3.05, 3.63) is 216 Å². The predicted octanol–water partition coefficient (Wildman–Crippen LogP) is 15.2. The molecule has 62 heavy (non-hydrogen) atoms. The van der Waals surface area contributed by atoms with Crippen LogP contribution in [0.1, 0.15) is 22.3 Å². The third-order valence-electron chi connectivity index (χ3n) is 13.8. The van der Waals surface area contributed by atoms with E-state index in [4.69, 9.17) is 9.40 Å². The number of rotatable bonds is 2. The van der Waals surface area contributed by atoms with E-state index in [-0.39, 0.29) is 0 Å². The van der Waals surface area contributed by atoms with Crippen LogP contribution in [-0.2, 0) is 5.41 Å². The van der Waals surface area contributed by atoms with Gasteiger partial charge < -0.3 is 4.42 Å². The molecule has 0 N–H and O–H groups in total. The van der Waals surface area contributed by atoms with Crippen molar-refractivity contribution in [2.24, 2.45) is 0 Å². The summed E-state index contributed by atoms with van der Waals surface area (Å²) in [5, 5.41) is 9.24. The lowest BCUT2D eigenvalue weighted by Crippen LogP contribution is -2.25. The van der Waals surface area contributed by atoms with Crippen molar-refractivity contribution < 1.29 is 4.42 Å². The molecule has 284 valence electrons. The summed E-state index contributed by atoms with van der Waals surface area (Å²) >= 11 is 1.82. The highest BCUT2D eigenvalue weighted by atomic mass is 32.1. The van der Waals surface area contributed by atoms with Gasteiger partial charge in [0.2, 0.25) is 5.71 Å². The van der Waals surface area contributed by atoms with Gasteiger partial charge in [0, 0.05) is 48.3 Å². The maximum atomic E-state index is 6.74. The molecular weight excluding hydrogens is 773 g/mol. The van der Waals surface area contributed by atoms with Gasteiger partial charge in [-0.25, -0.2) is 4.98 Å². The number of para-hydroxylation sites is 2. The number of thiophene rings is 1. The first-order valence-electron chi connectivity index (χ1n) is 21.1. The van der Waals surface area contributed by atoms with Gasteiger partial charge in [0.1, 0.15) is 11.1 Å². The highest BCUT2D eigenvalue weighted by Crippen LogP contribution is 2.64. The number of hydrogen-bond acceptors (Lipinski definition) is 3. The van der Waals surface area contributed by atoms with E-state index in [0.29, 0.717) is 0 Å². The lowest BCUT2D eigenvalue weighted by molar-refractivity contribution is 0.645. The summed E-state index contributed by atoms with van der Waals surface area (Å²) in [7, 11) is 0. The molecule has 4 aromatic heterocycles. The first-order valence-corrected chi connectivity index (χ1v) is 21.9. The molecule has 3 nitrogen and oxygen atoms in total. The molecule has 0 aliphatic heterocycles. The van der Waals surface area contributed by atoms with Crippen LogP contribution in [0, 0.1) is 12.1 Å².